The zero-order valence-corrected chi connectivity index (χ0v) is 8.84. The van der Waals surface area contributed by atoms with Crippen molar-refractivity contribution in [2.75, 3.05) is 0 Å². The predicted octanol–water partition coefficient (Wildman–Crippen LogP) is 1.55. The van der Waals surface area contributed by atoms with Crippen LogP contribution in [-0.2, 0) is 0 Å². The van der Waals surface area contributed by atoms with Crippen LogP contribution in [0.1, 0.15) is 15.9 Å². The van der Waals surface area contributed by atoms with Crippen molar-refractivity contribution in [2.24, 2.45) is 5.73 Å². The largest absolute Gasteiger partial charge is 0.366 e. The van der Waals surface area contributed by atoms with E-state index in [2.05, 4.69) is 9.97 Å². The van der Waals surface area contributed by atoms with Gasteiger partial charge in [-0.15, -0.1) is 0 Å². The number of rotatable bonds is 2. The Balaban J connectivity index is 2.66. The van der Waals surface area contributed by atoms with Crippen molar-refractivity contribution < 1.29 is 4.79 Å². The molecule has 2 heterocycles. The number of nitrogens with zero attached hydrogens (tertiary/aromatic N) is 2. The van der Waals surface area contributed by atoms with Crippen LogP contribution in [0.25, 0.3) is 11.4 Å². The molecule has 0 saturated carbocycles. The Morgan fingerprint density at radius 2 is 2.00 bits per heavy atom. The minimum atomic E-state index is -0.480. The summed E-state index contributed by atoms with van der Waals surface area (Å²) < 4.78 is 0. The van der Waals surface area contributed by atoms with E-state index in [1.165, 1.54) is 0 Å². The first-order valence-electron chi connectivity index (χ1n) is 4.87. The van der Waals surface area contributed by atoms with Gasteiger partial charge in [-0.25, -0.2) is 0 Å². The second-order valence-corrected chi connectivity index (χ2v) is 3.43. The summed E-state index contributed by atoms with van der Waals surface area (Å²) in [6.07, 6.45) is 3.30. The first-order valence-corrected chi connectivity index (χ1v) is 4.87. The van der Waals surface area contributed by atoms with Gasteiger partial charge in [0.05, 0.1) is 11.3 Å². The van der Waals surface area contributed by atoms with Crippen molar-refractivity contribution in [1.29, 1.82) is 0 Å². The fraction of sp³-hybridized carbons (Fsp3) is 0.0833. The van der Waals surface area contributed by atoms with Gasteiger partial charge in [0.25, 0.3) is 5.91 Å². The topological polar surface area (TPSA) is 68.9 Å². The van der Waals surface area contributed by atoms with E-state index >= 15 is 0 Å². The molecule has 2 rings (SSSR count). The highest BCUT2D eigenvalue weighted by molar-refractivity contribution is 5.99. The smallest absolute Gasteiger partial charge is 0.251 e. The normalized spacial score (nSPS) is 10.1. The highest BCUT2D eigenvalue weighted by atomic mass is 16.1. The molecule has 80 valence electrons. The first-order chi connectivity index (χ1) is 7.70. The van der Waals surface area contributed by atoms with Crippen LogP contribution in [0.5, 0.6) is 0 Å². The fourth-order valence-electron chi connectivity index (χ4n) is 1.57. The van der Waals surface area contributed by atoms with Crippen LogP contribution in [0.2, 0.25) is 0 Å². The maximum Gasteiger partial charge on any atom is 0.251 e. The summed E-state index contributed by atoms with van der Waals surface area (Å²) in [5.41, 5.74) is 7.77. The molecule has 0 aliphatic rings. The molecule has 2 aromatic heterocycles. The maximum absolute atomic E-state index is 11.4. The molecule has 0 spiro atoms. The molecule has 1 amide bonds. The third-order valence-corrected chi connectivity index (χ3v) is 2.31. The van der Waals surface area contributed by atoms with E-state index in [-0.39, 0.29) is 0 Å². The second kappa shape index (κ2) is 4.10. The van der Waals surface area contributed by atoms with Crippen molar-refractivity contribution in [3.63, 3.8) is 0 Å². The lowest BCUT2D eigenvalue weighted by atomic mass is 10.0. The number of pyridine rings is 2. The molecule has 4 heteroatoms. The zero-order valence-electron chi connectivity index (χ0n) is 8.84. The molecule has 0 aliphatic carbocycles. The molecule has 2 N–H and O–H groups in total. The molecule has 16 heavy (non-hydrogen) atoms. The van der Waals surface area contributed by atoms with Gasteiger partial charge in [-0.2, -0.15) is 0 Å². The average Bonchev–Trinajstić information content (AvgIpc) is 2.29. The lowest BCUT2D eigenvalue weighted by Gasteiger charge is -2.07. The molecule has 2 aromatic rings. The zero-order chi connectivity index (χ0) is 11.5. The minimum Gasteiger partial charge on any atom is -0.366 e. The first kappa shape index (κ1) is 10.3. The summed E-state index contributed by atoms with van der Waals surface area (Å²) in [6, 6.07) is 7.21. The Morgan fingerprint density at radius 3 is 2.62 bits per heavy atom. The number of primary amides is 1. The van der Waals surface area contributed by atoms with Crippen LogP contribution in [0.15, 0.2) is 36.7 Å². The van der Waals surface area contributed by atoms with E-state index in [4.69, 9.17) is 5.73 Å². The molecule has 4 nitrogen and oxygen atoms in total. The minimum absolute atomic E-state index is 0.432. The number of aryl methyl sites for hydroxylation is 1. The Morgan fingerprint density at radius 1 is 1.19 bits per heavy atom. The number of aromatic nitrogens is 2. The van der Waals surface area contributed by atoms with E-state index in [9.17, 15) is 4.79 Å². The van der Waals surface area contributed by atoms with Crippen LogP contribution in [-0.4, -0.2) is 15.9 Å². The molecular weight excluding hydrogens is 202 g/mol. The Kier molecular flexibility index (Phi) is 2.64. The molecule has 0 saturated heterocycles. The van der Waals surface area contributed by atoms with Crippen LogP contribution in [0.3, 0.4) is 0 Å². The van der Waals surface area contributed by atoms with E-state index in [1.807, 2.05) is 19.1 Å². The third kappa shape index (κ3) is 1.77. The van der Waals surface area contributed by atoms with Gasteiger partial charge in [-0.3, -0.25) is 14.8 Å². The van der Waals surface area contributed by atoms with Crippen molar-refractivity contribution >= 4 is 5.91 Å². The maximum atomic E-state index is 11.4. The lowest BCUT2D eigenvalue weighted by Crippen LogP contribution is -2.15. The quantitative estimate of drug-likeness (QED) is 0.822. The standard InChI is InChI=1S/C12H11N3O/c1-8-5-7-15-11(10(8)12(13)16)9-4-2-3-6-14-9/h2-7H,1H3,(H2,13,16). The highest BCUT2D eigenvalue weighted by Crippen LogP contribution is 2.20. The van der Waals surface area contributed by atoms with Crippen molar-refractivity contribution in [3.05, 3.63) is 47.8 Å². The highest BCUT2D eigenvalue weighted by Gasteiger charge is 2.14. The number of hydrogen-bond acceptors (Lipinski definition) is 3. The lowest BCUT2D eigenvalue weighted by molar-refractivity contribution is 0.1000. The number of carbonyl (C=O) groups excluding carboxylic acids is 1. The number of carbonyl (C=O) groups is 1. The summed E-state index contributed by atoms with van der Waals surface area (Å²) in [6.45, 7) is 1.83. The number of nitrogens with two attached hydrogens (primary N) is 1. The summed E-state index contributed by atoms with van der Waals surface area (Å²) in [5.74, 6) is -0.480. The molecule has 0 atom stereocenters. The van der Waals surface area contributed by atoms with Crippen LogP contribution in [0, 0.1) is 6.92 Å². The average molecular weight is 213 g/mol. The predicted molar refractivity (Wildman–Crippen MR) is 60.7 cm³/mol. The van der Waals surface area contributed by atoms with Crippen molar-refractivity contribution in [1.82, 2.24) is 9.97 Å². The van der Waals surface area contributed by atoms with E-state index in [0.29, 0.717) is 17.0 Å². The number of hydrogen-bond donors (Lipinski definition) is 1. The molecule has 0 fully saturated rings. The summed E-state index contributed by atoms with van der Waals surface area (Å²) in [4.78, 5) is 19.7. The van der Waals surface area contributed by atoms with Gasteiger partial charge in [0.1, 0.15) is 5.69 Å². The van der Waals surface area contributed by atoms with Gasteiger partial charge in [0.2, 0.25) is 0 Å². The number of amides is 1. The molecule has 0 aromatic carbocycles. The SMILES string of the molecule is Cc1ccnc(-c2ccccn2)c1C(N)=O. The van der Waals surface area contributed by atoms with Gasteiger partial charge in [0, 0.05) is 12.4 Å². The molecular formula is C12H11N3O. The Bertz CT molecular complexity index is 523. The van der Waals surface area contributed by atoms with Crippen LogP contribution >= 0.6 is 0 Å². The summed E-state index contributed by atoms with van der Waals surface area (Å²) >= 11 is 0. The second-order valence-electron chi connectivity index (χ2n) is 3.43. The van der Waals surface area contributed by atoms with E-state index < -0.39 is 5.91 Å². The van der Waals surface area contributed by atoms with Crippen LogP contribution < -0.4 is 5.73 Å². The Labute approximate surface area is 93.2 Å². The van der Waals surface area contributed by atoms with E-state index in [1.54, 1.807) is 24.5 Å². The van der Waals surface area contributed by atoms with E-state index in [0.717, 1.165) is 5.56 Å². The van der Waals surface area contributed by atoms with Crippen molar-refractivity contribution in [2.45, 2.75) is 6.92 Å². The van der Waals surface area contributed by atoms with Crippen LogP contribution in [0.4, 0.5) is 0 Å². The van der Waals surface area contributed by atoms with Gasteiger partial charge >= 0.3 is 0 Å². The molecule has 0 unspecified atom stereocenters. The molecule has 0 bridgehead atoms. The molecule has 0 radical (unpaired) electrons. The molecule has 0 aliphatic heterocycles. The summed E-state index contributed by atoms with van der Waals surface area (Å²) in [5, 5.41) is 0. The van der Waals surface area contributed by atoms with Gasteiger partial charge in [-0.1, -0.05) is 6.07 Å². The fourth-order valence-corrected chi connectivity index (χ4v) is 1.57. The van der Waals surface area contributed by atoms with Gasteiger partial charge in [0.15, 0.2) is 0 Å². The Hall–Kier alpha value is -2.23. The monoisotopic (exact) mass is 213 g/mol. The van der Waals surface area contributed by atoms with Gasteiger partial charge in [-0.05, 0) is 30.7 Å². The summed E-state index contributed by atoms with van der Waals surface area (Å²) in [7, 11) is 0. The third-order valence-electron chi connectivity index (χ3n) is 2.31. The van der Waals surface area contributed by atoms with Crippen molar-refractivity contribution in [3.8, 4) is 11.4 Å². The van der Waals surface area contributed by atoms with Gasteiger partial charge < -0.3 is 5.73 Å².